The number of amides is 2. The Bertz CT molecular complexity index is 607. The number of carbonyl (C=O) groups is 2. The molecule has 0 spiro atoms. The van der Waals surface area contributed by atoms with Crippen molar-refractivity contribution >= 4 is 23.2 Å². The van der Waals surface area contributed by atoms with Gasteiger partial charge in [-0.3, -0.25) is 9.59 Å². The van der Waals surface area contributed by atoms with E-state index in [1.807, 2.05) is 23.6 Å². The van der Waals surface area contributed by atoms with Gasteiger partial charge in [0, 0.05) is 11.3 Å². The summed E-state index contributed by atoms with van der Waals surface area (Å²) in [5.74, 6) is 0.632. The van der Waals surface area contributed by atoms with Gasteiger partial charge in [0.1, 0.15) is 11.8 Å². The van der Waals surface area contributed by atoms with Crippen molar-refractivity contribution in [2.45, 2.75) is 32.0 Å². The first-order valence-corrected chi connectivity index (χ1v) is 7.74. The van der Waals surface area contributed by atoms with Gasteiger partial charge in [-0.1, -0.05) is 6.07 Å². The number of nitrogens with zero attached hydrogens (tertiary/aromatic N) is 1. The zero-order valence-electron chi connectivity index (χ0n) is 11.5. The van der Waals surface area contributed by atoms with Gasteiger partial charge in [0.05, 0.1) is 19.4 Å². The monoisotopic (exact) mass is 304 g/mol. The van der Waals surface area contributed by atoms with E-state index in [0.717, 1.165) is 4.88 Å². The predicted octanol–water partition coefficient (Wildman–Crippen LogP) is 2.15. The molecule has 5 nitrogen and oxygen atoms in total. The van der Waals surface area contributed by atoms with Crippen LogP contribution in [0.3, 0.4) is 0 Å². The molecule has 1 saturated heterocycles. The van der Waals surface area contributed by atoms with Gasteiger partial charge in [0.2, 0.25) is 11.8 Å². The van der Waals surface area contributed by atoms with Crippen LogP contribution in [-0.4, -0.2) is 22.8 Å². The van der Waals surface area contributed by atoms with Crippen LogP contribution in [0.5, 0.6) is 0 Å². The number of hydrogen-bond acceptors (Lipinski definition) is 4. The van der Waals surface area contributed by atoms with Gasteiger partial charge >= 0.3 is 0 Å². The summed E-state index contributed by atoms with van der Waals surface area (Å²) < 4.78 is 5.19. The molecule has 1 aliphatic heterocycles. The van der Waals surface area contributed by atoms with Gasteiger partial charge < -0.3 is 14.6 Å². The Morgan fingerprint density at radius 1 is 1.43 bits per heavy atom. The number of likely N-dealkylation sites (tertiary alicyclic amines) is 1. The Morgan fingerprint density at radius 3 is 3.05 bits per heavy atom. The first-order chi connectivity index (χ1) is 10.2. The van der Waals surface area contributed by atoms with Crippen LogP contribution in [0.25, 0.3) is 0 Å². The molecule has 3 rings (SSSR count). The lowest BCUT2D eigenvalue weighted by molar-refractivity contribution is -0.135. The third kappa shape index (κ3) is 3.16. The quantitative estimate of drug-likeness (QED) is 0.920. The molecule has 2 aromatic heterocycles. The molecule has 1 atom stereocenters. The van der Waals surface area contributed by atoms with Gasteiger partial charge in [0.15, 0.2) is 0 Å². The van der Waals surface area contributed by atoms with Crippen molar-refractivity contribution in [2.75, 3.05) is 0 Å². The molecule has 2 aromatic rings. The van der Waals surface area contributed by atoms with Crippen LogP contribution < -0.4 is 5.32 Å². The van der Waals surface area contributed by atoms with Crippen molar-refractivity contribution < 1.29 is 14.0 Å². The third-order valence-corrected chi connectivity index (χ3v) is 4.42. The van der Waals surface area contributed by atoms with E-state index in [0.29, 0.717) is 31.7 Å². The normalized spacial score (nSPS) is 18.2. The molecule has 1 aliphatic rings. The highest BCUT2D eigenvalue weighted by atomic mass is 32.1. The summed E-state index contributed by atoms with van der Waals surface area (Å²) in [7, 11) is 0. The average molecular weight is 304 g/mol. The van der Waals surface area contributed by atoms with Crippen molar-refractivity contribution in [1.82, 2.24) is 10.2 Å². The summed E-state index contributed by atoms with van der Waals surface area (Å²) in [6, 6.07) is 7.14. The largest absolute Gasteiger partial charge is 0.467 e. The maximum Gasteiger partial charge on any atom is 0.243 e. The molecule has 0 unspecified atom stereocenters. The minimum Gasteiger partial charge on any atom is -0.467 e. The van der Waals surface area contributed by atoms with E-state index >= 15 is 0 Å². The molecule has 1 fully saturated rings. The SMILES string of the molecule is O=C(NCc1ccco1)[C@@H]1CCC(=O)N1Cc1cccs1. The fraction of sp³-hybridized carbons (Fsp3) is 0.333. The molecular formula is C15H16N2O3S. The van der Waals surface area contributed by atoms with Gasteiger partial charge in [-0.05, 0) is 30.0 Å². The standard InChI is InChI=1S/C15H16N2O3S/c18-14-6-5-13(17(14)10-12-4-2-8-21-12)15(19)16-9-11-3-1-7-20-11/h1-4,7-8,13H,5-6,9-10H2,(H,16,19)/t13-/m0/s1. The minimum absolute atomic E-state index is 0.0431. The molecule has 2 amide bonds. The van der Waals surface area contributed by atoms with E-state index in [2.05, 4.69) is 5.32 Å². The van der Waals surface area contributed by atoms with E-state index < -0.39 is 0 Å². The van der Waals surface area contributed by atoms with Crippen molar-refractivity contribution in [3.63, 3.8) is 0 Å². The first kappa shape index (κ1) is 13.9. The van der Waals surface area contributed by atoms with Crippen LogP contribution in [0.4, 0.5) is 0 Å². The van der Waals surface area contributed by atoms with Crippen LogP contribution in [0.1, 0.15) is 23.5 Å². The van der Waals surface area contributed by atoms with Crippen molar-refractivity contribution in [1.29, 1.82) is 0 Å². The second-order valence-corrected chi connectivity index (χ2v) is 5.98. The Labute approximate surface area is 126 Å². The van der Waals surface area contributed by atoms with E-state index in [-0.39, 0.29) is 17.9 Å². The second kappa shape index (κ2) is 6.13. The lowest BCUT2D eigenvalue weighted by atomic mass is 10.2. The number of rotatable bonds is 5. The van der Waals surface area contributed by atoms with Crippen molar-refractivity contribution in [3.05, 3.63) is 46.5 Å². The number of carbonyl (C=O) groups excluding carboxylic acids is 2. The predicted molar refractivity (Wildman–Crippen MR) is 78.4 cm³/mol. The van der Waals surface area contributed by atoms with E-state index in [1.165, 1.54) is 0 Å². The molecule has 110 valence electrons. The summed E-state index contributed by atoms with van der Waals surface area (Å²) in [4.78, 5) is 27.0. The maximum absolute atomic E-state index is 12.3. The Kier molecular flexibility index (Phi) is 4.06. The van der Waals surface area contributed by atoms with Gasteiger partial charge in [-0.2, -0.15) is 0 Å². The molecule has 6 heteroatoms. The minimum atomic E-state index is -0.380. The van der Waals surface area contributed by atoms with Crippen LogP contribution in [0.2, 0.25) is 0 Å². The zero-order valence-corrected chi connectivity index (χ0v) is 12.3. The fourth-order valence-electron chi connectivity index (χ4n) is 2.48. The molecule has 21 heavy (non-hydrogen) atoms. The lowest BCUT2D eigenvalue weighted by Gasteiger charge is -2.23. The number of furan rings is 1. The maximum atomic E-state index is 12.3. The lowest BCUT2D eigenvalue weighted by Crippen LogP contribution is -2.43. The molecule has 0 aliphatic carbocycles. The van der Waals surface area contributed by atoms with Gasteiger partial charge in [-0.25, -0.2) is 0 Å². The summed E-state index contributed by atoms with van der Waals surface area (Å²) in [5, 5.41) is 4.81. The van der Waals surface area contributed by atoms with E-state index in [4.69, 9.17) is 4.42 Å². The average Bonchev–Trinajstić information content (AvgIpc) is 3.21. The fourth-order valence-corrected chi connectivity index (χ4v) is 3.18. The van der Waals surface area contributed by atoms with E-state index in [1.54, 1.807) is 28.6 Å². The summed E-state index contributed by atoms with van der Waals surface area (Å²) in [6.07, 6.45) is 2.59. The highest BCUT2D eigenvalue weighted by Gasteiger charge is 2.35. The smallest absolute Gasteiger partial charge is 0.243 e. The Hall–Kier alpha value is -2.08. The number of thiophene rings is 1. The van der Waals surface area contributed by atoms with Crippen LogP contribution in [0.15, 0.2) is 40.3 Å². The first-order valence-electron chi connectivity index (χ1n) is 6.86. The second-order valence-electron chi connectivity index (χ2n) is 4.95. The van der Waals surface area contributed by atoms with Gasteiger partial charge in [-0.15, -0.1) is 11.3 Å². The zero-order chi connectivity index (χ0) is 14.7. The highest BCUT2D eigenvalue weighted by molar-refractivity contribution is 7.09. The summed E-state index contributed by atoms with van der Waals surface area (Å²) in [6.45, 7) is 0.860. The van der Waals surface area contributed by atoms with Crippen molar-refractivity contribution in [3.8, 4) is 0 Å². The molecule has 0 saturated carbocycles. The Morgan fingerprint density at radius 2 is 2.33 bits per heavy atom. The van der Waals surface area contributed by atoms with Crippen LogP contribution in [-0.2, 0) is 22.7 Å². The van der Waals surface area contributed by atoms with Crippen molar-refractivity contribution in [2.24, 2.45) is 0 Å². The third-order valence-electron chi connectivity index (χ3n) is 3.55. The van der Waals surface area contributed by atoms with Gasteiger partial charge in [0.25, 0.3) is 0 Å². The number of hydrogen-bond donors (Lipinski definition) is 1. The molecule has 3 heterocycles. The van der Waals surface area contributed by atoms with Crippen LogP contribution in [0, 0.1) is 0 Å². The molecule has 0 aromatic carbocycles. The van der Waals surface area contributed by atoms with Crippen LogP contribution >= 0.6 is 11.3 Å². The molecular weight excluding hydrogens is 288 g/mol. The Balaban J connectivity index is 1.62. The summed E-state index contributed by atoms with van der Waals surface area (Å²) >= 11 is 1.60. The summed E-state index contributed by atoms with van der Waals surface area (Å²) in [5.41, 5.74) is 0. The topological polar surface area (TPSA) is 62.6 Å². The number of nitrogens with one attached hydrogen (secondary N) is 1. The highest BCUT2D eigenvalue weighted by Crippen LogP contribution is 2.23. The molecule has 0 radical (unpaired) electrons. The molecule has 1 N–H and O–H groups in total. The van der Waals surface area contributed by atoms with E-state index in [9.17, 15) is 9.59 Å². The molecule has 0 bridgehead atoms.